The van der Waals surface area contributed by atoms with Crippen molar-refractivity contribution in [3.8, 4) is 5.75 Å². The Morgan fingerprint density at radius 1 is 0.917 bits per heavy atom. The van der Waals surface area contributed by atoms with Crippen LogP contribution in [0.1, 0.15) is 12.5 Å². The number of rotatable bonds is 3. The van der Waals surface area contributed by atoms with E-state index in [1.165, 1.54) is 21.8 Å². The summed E-state index contributed by atoms with van der Waals surface area (Å²) in [6.45, 7) is 3.11. The zero-order valence-electron chi connectivity index (χ0n) is 13.5. The van der Waals surface area contributed by atoms with Gasteiger partial charge in [-0.15, -0.1) is 0 Å². The highest BCUT2D eigenvalue weighted by molar-refractivity contribution is 6.09. The van der Waals surface area contributed by atoms with E-state index >= 15 is 0 Å². The number of phenolic OH excluding ortho intramolecular Hbond substituents is 1. The number of nitrogens with zero attached hydrogens (tertiary/aromatic N) is 2. The minimum absolute atomic E-state index is 0.192. The Morgan fingerprint density at radius 3 is 2.50 bits per heavy atom. The number of benzene rings is 3. The Labute approximate surface area is 140 Å². The maximum Gasteiger partial charge on any atom is 0.141 e. The van der Waals surface area contributed by atoms with Gasteiger partial charge in [-0.25, -0.2) is 0 Å². The third-order valence-corrected chi connectivity index (χ3v) is 4.35. The van der Waals surface area contributed by atoms with Crippen molar-refractivity contribution in [3.63, 3.8) is 0 Å². The molecule has 24 heavy (non-hydrogen) atoms. The molecule has 0 aliphatic carbocycles. The molecule has 118 valence electrons. The SMILES string of the molecule is CCn1c2ccccc2c2cc(C=Nc3ccccc3O)ccc21. The van der Waals surface area contributed by atoms with Crippen LogP contribution in [0.4, 0.5) is 5.69 Å². The first-order valence-electron chi connectivity index (χ1n) is 8.11. The van der Waals surface area contributed by atoms with Gasteiger partial charge in [0.1, 0.15) is 11.4 Å². The summed E-state index contributed by atoms with van der Waals surface area (Å²) in [5.74, 6) is 0.192. The predicted octanol–water partition coefficient (Wildman–Crippen LogP) is 5.27. The van der Waals surface area contributed by atoms with Gasteiger partial charge in [-0.3, -0.25) is 4.99 Å². The monoisotopic (exact) mass is 314 g/mol. The van der Waals surface area contributed by atoms with Crippen LogP contribution in [0.5, 0.6) is 5.75 Å². The van der Waals surface area contributed by atoms with Gasteiger partial charge in [-0.2, -0.15) is 0 Å². The quantitative estimate of drug-likeness (QED) is 0.514. The average Bonchev–Trinajstić information content (AvgIpc) is 2.94. The van der Waals surface area contributed by atoms with Crippen LogP contribution in [-0.2, 0) is 6.54 Å². The van der Waals surface area contributed by atoms with Crippen LogP contribution in [0, 0.1) is 0 Å². The molecule has 3 heteroatoms. The fourth-order valence-electron chi connectivity index (χ4n) is 3.21. The van der Waals surface area contributed by atoms with Crippen molar-refractivity contribution in [2.75, 3.05) is 0 Å². The van der Waals surface area contributed by atoms with Crippen LogP contribution >= 0.6 is 0 Å². The van der Waals surface area contributed by atoms with E-state index < -0.39 is 0 Å². The van der Waals surface area contributed by atoms with Crippen LogP contribution < -0.4 is 0 Å². The summed E-state index contributed by atoms with van der Waals surface area (Å²) in [7, 11) is 0. The number of hydrogen-bond donors (Lipinski definition) is 1. The van der Waals surface area contributed by atoms with Gasteiger partial charge in [0.05, 0.1) is 0 Å². The maximum atomic E-state index is 9.82. The second-order valence-electron chi connectivity index (χ2n) is 5.78. The van der Waals surface area contributed by atoms with Gasteiger partial charge in [-0.1, -0.05) is 36.4 Å². The van der Waals surface area contributed by atoms with Gasteiger partial charge < -0.3 is 9.67 Å². The smallest absolute Gasteiger partial charge is 0.141 e. The minimum Gasteiger partial charge on any atom is -0.506 e. The van der Waals surface area contributed by atoms with Gasteiger partial charge in [0.2, 0.25) is 0 Å². The molecular weight excluding hydrogens is 296 g/mol. The van der Waals surface area contributed by atoms with Gasteiger partial charge >= 0.3 is 0 Å². The van der Waals surface area contributed by atoms with Crippen molar-refractivity contribution in [1.82, 2.24) is 4.57 Å². The number of para-hydroxylation sites is 3. The molecule has 1 aromatic heterocycles. The zero-order chi connectivity index (χ0) is 16.5. The van der Waals surface area contributed by atoms with Crippen LogP contribution in [0.25, 0.3) is 21.8 Å². The number of aryl methyl sites for hydroxylation is 1. The van der Waals surface area contributed by atoms with E-state index in [0.29, 0.717) is 5.69 Å². The van der Waals surface area contributed by atoms with E-state index in [2.05, 4.69) is 58.9 Å². The van der Waals surface area contributed by atoms with Gasteiger partial charge in [0, 0.05) is 34.6 Å². The van der Waals surface area contributed by atoms with Gasteiger partial charge in [0.15, 0.2) is 0 Å². The maximum absolute atomic E-state index is 9.82. The highest BCUT2D eigenvalue weighted by Gasteiger charge is 2.09. The molecule has 0 fully saturated rings. The van der Waals surface area contributed by atoms with E-state index in [4.69, 9.17) is 0 Å². The first-order chi connectivity index (χ1) is 11.8. The summed E-state index contributed by atoms with van der Waals surface area (Å²) in [5, 5.41) is 12.3. The van der Waals surface area contributed by atoms with Crippen molar-refractivity contribution >= 4 is 33.7 Å². The van der Waals surface area contributed by atoms with Crippen LogP contribution in [0.3, 0.4) is 0 Å². The first-order valence-corrected chi connectivity index (χ1v) is 8.11. The summed E-state index contributed by atoms with van der Waals surface area (Å²) in [6.07, 6.45) is 1.80. The van der Waals surface area contributed by atoms with E-state index in [-0.39, 0.29) is 5.75 Å². The molecule has 0 atom stereocenters. The van der Waals surface area contributed by atoms with Gasteiger partial charge in [-0.05, 0) is 42.8 Å². The number of aromatic hydroxyl groups is 1. The van der Waals surface area contributed by atoms with Crippen LogP contribution in [0.15, 0.2) is 71.7 Å². The normalized spacial score (nSPS) is 11.7. The second kappa shape index (κ2) is 5.85. The largest absolute Gasteiger partial charge is 0.506 e. The summed E-state index contributed by atoms with van der Waals surface area (Å²) in [6, 6.07) is 21.9. The lowest BCUT2D eigenvalue weighted by molar-refractivity contribution is 0.477. The van der Waals surface area contributed by atoms with E-state index in [9.17, 15) is 5.11 Å². The van der Waals surface area contributed by atoms with Crippen LogP contribution in [0.2, 0.25) is 0 Å². The first kappa shape index (κ1) is 14.5. The molecule has 0 saturated carbocycles. The van der Waals surface area contributed by atoms with Crippen molar-refractivity contribution in [3.05, 3.63) is 72.3 Å². The molecule has 4 aromatic rings. The van der Waals surface area contributed by atoms with Gasteiger partial charge in [0.25, 0.3) is 0 Å². The molecule has 4 rings (SSSR count). The fraction of sp³-hybridized carbons (Fsp3) is 0.0952. The Hall–Kier alpha value is -3.07. The zero-order valence-corrected chi connectivity index (χ0v) is 13.5. The van der Waals surface area contributed by atoms with E-state index in [1.807, 2.05) is 6.07 Å². The minimum atomic E-state index is 0.192. The topological polar surface area (TPSA) is 37.5 Å². The molecule has 0 radical (unpaired) electrons. The van der Waals surface area contributed by atoms with Crippen molar-refractivity contribution < 1.29 is 5.11 Å². The molecule has 0 bridgehead atoms. The molecule has 1 heterocycles. The molecule has 0 aliphatic heterocycles. The molecule has 0 spiro atoms. The van der Waals surface area contributed by atoms with Crippen LogP contribution in [-0.4, -0.2) is 15.9 Å². The third-order valence-electron chi connectivity index (χ3n) is 4.35. The average molecular weight is 314 g/mol. The molecule has 0 amide bonds. The molecule has 0 unspecified atom stereocenters. The molecule has 0 aliphatic rings. The third kappa shape index (κ3) is 2.35. The summed E-state index contributed by atoms with van der Waals surface area (Å²) in [4.78, 5) is 4.41. The summed E-state index contributed by atoms with van der Waals surface area (Å²) >= 11 is 0. The Bertz CT molecular complexity index is 1060. The Kier molecular flexibility index (Phi) is 3.54. The molecule has 1 N–H and O–H groups in total. The number of fused-ring (bicyclic) bond motifs is 3. The van der Waals surface area contributed by atoms with E-state index in [1.54, 1.807) is 24.4 Å². The predicted molar refractivity (Wildman–Crippen MR) is 100 cm³/mol. The highest BCUT2D eigenvalue weighted by Crippen LogP contribution is 2.30. The molecule has 3 nitrogen and oxygen atoms in total. The standard InChI is InChI=1S/C21H18N2O/c1-2-23-19-9-5-3-7-16(19)17-13-15(11-12-20(17)23)14-22-18-8-4-6-10-21(18)24/h3-14,24H,2H2,1H3. The lowest BCUT2D eigenvalue weighted by atomic mass is 10.1. The lowest BCUT2D eigenvalue weighted by Crippen LogP contribution is -1.92. The number of aromatic nitrogens is 1. The van der Waals surface area contributed by atoms with E-state index in [0.717, 1.165) is 12.1 Å². The van der Waals surface area contributed by atoms with Crippen molar-refractivity contribution in [2.45, 2.75) is 13.5 Å². The second-order valence-corrected chi connectivity index (χ2v) is 5.78. The molecule has 3 aromatic carbocycles. The highest BCUT2D eigenvalue weighted by atomic mass is 16.3. The van der Waals surface area contributed by atoms with Crippen molar-refractivity contribution in [1.29, 1.82) is 0 Å². The number of phenols is 1. The Balaban J connectivity index is 1.84. The number of hydrogen-bond acceptors (Lipinski definition) is 2. The summed E-state index contributed by atoms with van der Waals surface area (Å²) in [5.41, 5.74) is 4.08. The lowest BCUT2D eigenvalue weighted by Gasteiger charge is -2.02. The summed E-state index contributed by atoms with van der Waals surface area (Å²) < 4.78 is 2.33. The van der Waals surface area contributed by atoms with Crippen molar-refractivity contribution in [2.24, 2.45) is 4.99 Å². The number of aliphatic imine (C=N–C) groups is 1. The molecular formula is C21H18N2O. The Morgan fingerprint density at radius 2 is 1.67 bits per heavy atom. The fourth-order valence-corrected chi connectivity index (χ4v) is 3.21. The molecule has 0 saturated heterocycles.